The first-order chi connectivity index (χ1) is 11.2. The molecule has 118 valence electrons. The van der Waals surface area contributed by atoms with Crippen LogP contribution >= 0.6 is 0 Å². The van der Waals surface area contributed by atoms with Crippen LogP contribution in [0.3, 0.4) is 0 Å². The highest BCUT2D eigenvalue weighted by molar-refractivity contribution is 5.46. The third kappa shape index (κ3) is 3.59. The van der Waals surface area contributed by atoms with Crippen molar-refractivity contribution in [1.82, 2.24) is 4.98 Å². The summed E-state index contributed by atoms with van der Waals surface area (Å²) in [5.74, 6) is -0.251. The van der Waals surface area contributed by atoms with Gasteiger partial charge in [0.15, 0.2) is 11.6 Å². The summed E-state index contributed by atoms with van der Waals surface area (Å²) in [6.45, 7) is 3.71. The van der Waals surface area contributed by atoms with Gasteiger partial charge in [0.05, 0.1) is 11.6 Å². The van der Waals surface area contributed by atoms with E-state index < -0.39 is 5.82 Å². The van der Waals surface area contributed by atoms with E-state index in [1.807, 2.05) is 25.3 Å². The van der Waals surface area contributed by atoms with Crippen LogP contribution in [0.4, 0.5) is 10.1 Å². The second-order valence-electron chi connectivity index (χ2n) is 5.72. The lowest BCUT2D eigenvalue weighted by Crippen LogP contribution is -2.38. The van der Waals surface area contributed by atoms with Crippen LogP contribution in [0.2, 0.25) is 0 Å². The highest BCUT2D eigenvalue weighted by Gasteiger charge is 2.22. The molecule has 4 nitrogen and oxygen atoms in total. The molecular weight excluding hydrogens is 293 g/mol. The lowest BCUT2D eigenvalue weighted by atomic mass is 10.1. The minimum absolute atomic E-state index is 0.00313. The predicted octanol–water partition coefficient (Wildman–Crippen LogP) is 3.45. The summed E-state index contributed by atoms with van der Waals surface area (Å²) in [5, 5.41) is 8.76. The van der Waals surface area contributed by atoms with Crippen LogP contribution in [-0.2, 0) is 0 Å². The molecule has 0 radical (unpaired) electrons. The second-order valence-corrected chi connectivity index (χ2v) is 5.72. The van der Waals surface area contributed by atoms with Crippen LogP contribution in [0.15, 0.2) is 36.5 Å². The van der Waals surface area contributed by atoms with E-state index in [0.717, 1.165) is 31.6 Å². The van der Waals surface area contributed by atoms with E-state index in [0.29, 0.717) is 5.56 Å². The maximum atomic E-state index is 13.9. The van der Waals surface area contributed by atoms with E-state index in [2.05, 4.69) is 16.0 Å². The van der Waals surface area contributed by atoms with Crippen LogP contribution in [0.1, 0.15) is 24.1 Å². The molecule has 23 heavy (non-hydrogen) atoms. The number of hydrogen-bond acceptors (Lipinski definition) is 4. The number of rotatable bonds is 3. The molecule has 2 aromatic rings. The zero-order chi connectivity index (χ0) is 16.2. The lowest BCUT2D eigenvalue weighted by molar-refractivity contribution is 0.164. The summed E-state index contributed by atoms with van der Waals surface area (Å²) in [6, 6.07) is 10.3. The molecule has 0 aliphatic carbocycles. The van der Waals surface area contributed by atoms with Crippen molar-refractivity contribution in [3.8, 4) is 11.8 Å². The first-order valence-corrected chi connectivity index (χ1v) is 7.69. The third-order valence-corrected chi connectivity index (χ3v) is 4.04. The molecule has 5 heteroatoms. The van der Waals surface area contributed by atoms with E-state index in [9.17, 15) is 4.39 Å². The number of aromatic nitrogens is 1. The largest absolute Gasteiger partial charge is 0.487 e. The van der Waals surface area contributed by atoms with Crippen LogP contribution in [0.25, 0.3) is 0 Å². The number of benzene rings is 1. The minimum atomic E-state index is -0.476. The van der Waals surface area contributed by atoms with Crippen LogP contribution in [-0.4, -0.2) is 24.2 Å². The van der Waals surface area contributed by atoms with E-state index in [1.54, 1.807) is 6.07 Å². The summed E-state index contributed by atoms with van der Waals surface area (Å²) in [4.78, 5) is 6.51. The fraction of sp³-hybridized carbons (Fsp3) is 0.333. The molecule has 0 unspecified atom stereocenters. The van der Waals surface area contributed by atoms with E-state index >= 15 is 0 Å². The fourth-order valence-electron chi connectivity index (χ4n) is 2.80. The summed E-state index contributed by atoms with van der Waals surface area (Å²) in [6.07, 6.45) is 3.48. The average Bonchev–Trinajstić information content (AvgIpc) is 2.57. The Morgan fingerprint density at radius 2 is 2.04 bits per heavy atom. The molecule has 1 fully saturated rings. The fourth-order valence-corrected chi connectivity index (χ4v) is 2.80. The quantitative estimate of drug-likeness (QED) is 0.871. The van der Waals surface area contributed by atoms with Crippen molar-refractivity contribution >= 4 is 5.69 Å². The zero-order valence-electron chi connectivity index (χ0n) is 13.0. The molecule has 1 saturated heterocycles. The van der Waals surface area contributed by atoms with E-state index in [4.69, 9.17) is 10.00 Å². The number of pyridine rings is 1. The number of nitriles is 1. The molecule has 3 rings (SSSR count). The van der Waals surface area contributed by atoms with Crippen LogP contribution < -0.4 is 9.64 Å². The summed E-state index contributed by atoms with van der Waals surface area (Å²) in [7, 11) is 0. The van der Waals surface area contributed by atoms with Crippen molar-refractivity contribution in [2.24, 2.45) is 0 Å². The smallest absolute Gasteiger partial charge is 0.166 e. The van der Waals surface area contributed by atoms with Crippen molar-refractivity contribution < 1.29 is 9.13 Å². The van der Waals surface area contributed by atoms with Gasteiger partial charge in [0.1, 0.15) is 6.10 Å². The van der Waals surface area contributed by atoms with Gasteiger partial charge >= 0.3 is 0 Å². The molecule has 1 aromatic carbocycles. The molecule has 2 heterocycles. The van der Waals surface area contributed by atoms with Gasteiger partial charge in [0.2, 0.25) is 0 Å². The SMILES string of the molecule is Cc1cc(N2CCC(Oc3ccc(C#N)cc3F)CC2)ccn1. The van der Waals surface area contributed by atoms with Gasteiger partial charge in [-0.3, -0.25) is 4.98 Å². The highest BCUT2D eigenvalue weighted by Crippen LogP contribution is 2.25. The molecule has 0 atom stereocenters. The Bertz CT molecular complexity index is 733. The Balaban J connectivity index is 1.60. The molecule has 0 N–H and O–H groups in total. The molecule has 1 aliphatic rings. The average molecular weight is 311 g/mol. The number of anilines is 1. The predicted molar refractivity (Wildman–Crippen MR) is 86.0 cm³/mol. The van der Waals surface area contributed by atoms with Gasteiger partial charge in [-0.2, -0.15) is 5.26 Å². The van der Waals surface area contributed by atoms with E-state index in [1.165, 1.54) is 17.8 Å². The molecule has 1 aromatic heterocycles. The zero-order valence-corrected chi connectivity index (χ0v) is 13.0. The van der Waals surface area contributed by atoms with Crippen molar-refractivity contribution in [3.63, 3.8) is 0 Å². The standard InChI is InChI=1S/C18H18FN3O/c1-13-10-15(4-7-21-13)22-8-5-16(6-9-22)23-18-3-2-14(12-20)11-17(18)19/h2-4,7,10-11,16H,5-6,8-9H2,1H3. The van der Waals surface area contributed by atoms with Crippen molar-refractivity contribution in [2.75, 3.05) is 18.0 Å². The number of ether oxygens (including phenoxy) is 1. The second kappa shape index (κ2) is 6.66. The van der Waals surface area contributed by atoms with Gasteiger partial charge in [-0.05, 0) is 37.3 Å². The minimum Gasteiger partial charge on any atom is -0.487 e. The molecule has 0 amide bonds. The van der Waals surface area contributed by atoms with E-state index in [-0.39, 0.29) is 11.9 Å². The highest BCUT2D eigenvalue weighted by atomic mass is 19.1. The monoisotopic (exact) mass is 311 g/mol. The Kier molecular flexibility index (Phi) is 4.42. The van der Waals surface area contributed by atoms with Gasteiger partial charge in [0, 0.05) is 43.5 Å². The lowest BCUT2D eigenvalue weighted by Gasteiger charge is -2.33. The normalized spacial score (nSPS) is 15.3. The summed E-state index contributed by atoms with van der Waals surface area (Å²) >= 11 is 0. The number of piperidine rings is 1. The Morgan fingerprint density at radius 3 is 2.70 bits per heavy atom. The first-order valence-electron chi connectivity index (χ1n) is 7.69. The maximum Gasteiger partial charge on any atom is 0.166 e. The van der Waals surface area contributed by atoms with Crippen molar-refractivity contribution in [3.05, 3.63) is 53.6 Å². The van der Waals surface area contributed by atoms with Crippen molar-refractivity contribution in [2.45, 2.75) is 25.9 Å². The van der Waals surface area contributed by atoms with Gasteiger partial charge in [-0.1, -0.05) is 0 Å². The summed E-state index contributed by atoms with van der Waals surface area (Å²) in [5.41, 5.74) is 2.47. The number of hydrogen-bond donors (Lipinski definition) is 0. The Morgan fingerprint density at radius 1 is 1.26 bits per heavy atom. The van der Waals surface area contributed by atoms with Gasteiger partial charge in [-0.25, -0.2) is 4.39 Å². The third-order valence-electron chi connectivity index (χ3n) is 4.04. The Hall–Kier alpha value is -2.61. The van der Waals surface area contributed by atoms with Gasteiger partial charge < -0.3 is 9.64 Å². The molecule has 0 spiro atoms. The van der Waals surface area contributed by atoms with Crippen LogP contribution in [0.5, 0.6) is 5.75 Å². The van der Waals surface area contributed by atoms with Gasteiger partial charge in [0.25, 0.3) is 0 Å². The van der Waals surface area contributed by atoms with Crippen LogP contribution in [0, 0.1) is 24.1 Å². The molecule has 0 saturated carbocycles. The van der Waals surface area contributed by atoms with Gasteiger partial charge in [-0.15, -0.1) is 0 Å². The molecule has 0 bridgehead atoms. The maximum absolute atomic E-state index is 13.9. The first kappa shape index (κ1) is 15.3. The van der Waals surface area contributed by atoms with Crippen molar-refractivity contribution in [1.29, 1.82) is 5.26 Å². The number of aryl methyl sites for hydroxylation is 1. The molecular formula is C18H18FN3O. The summed E-state index contributed by atoms with van der Waals surface area (Å²) < 4.78 is 19.7. The number of nitrogens with zero attached hydrogens (tertiary/aromatic N) is 3. The number of halogens is 1. The molecule has 1 aliphatic heterocycles. The topological polar surface area (TPSA) is 49.1 Å². The Labute approximate surface area is 135 Å².